The van der Waals surface area contributed by atoms with E-state index >= 15 is 0 Å². The van der Waals surface area contributed by atoms with Gasteiger partial charge in [-0.25, -0.2) is 0 Å². The smallest absolute Gasteiger partial charge is 0.191 e. The van der Waals surface area contributed by atoms with Gasteiger partial charge < -0.3 is 24.8 Å². The van der Waals surface area contributed by atoms with Gasteiger partial charge in [-0.3, -0.25) is 4.99 Å². The predicted octanol–water partition coefficient (Wildman–Crippen LogP) is 1.97. The van der Waals surface area contributed by atoms with Gasteiger partial charge in [0.15, 0.2) is 5.96 Å². The predicted molar refractivity (Wildman–Crippen MR) is 91.9 cm³/mol. The number of benzene rings is 1. The minimum atomic E-state index is 0.581. The van der Waals surface area contributed by atoms with Gasteiger partial charge in [0.1, 0.15) is 17.2 Å². The van der Waals surface area contributed by atoms with E-state index in [1.165, 1.54) is 12.8 Å². The second-order valence-corrected chi connectivity index (χ2v) is 5.44. The van der Waals surface area contributed by atoms with Crippen molar-refractivity contribution in [1.29, 1.82) is 0 Å². The molecule has 0 unspecified atom stereocenters. The summed E-state index contributed by atoms with van der Waals surface area (Å²) in [6, 6.07) is 4.32. The number of nitrogens with one attached hydrogen (secondary N) is 2. The molecule has 0 saturated heterocycles. The lowest BCUT2D eigenvalue weighted by atomic mass is 10.1. The van der Waals surface area contributed by atoms with Crippen LogP contribution >= 0.6 is 0 Å². The first kappa shape index (κ1) is 17.2. The molecular formula is C17H27N3O3. The Kier molecular flexibility index (Phi) is 6.38. The van der Waals surface area contributed by atoms with E-state index in [0.29, 0.717) is 12.6 Å². The molecule has 0 aromatic heterocycles. The third-order valence-corrected chi connectivity index (χ3v) is 3.71. The maximum atomic E-state index is 5.47. The van der Waals surface area contributed by atoms with Gasteiger partial charge in [0.05, 0.1) is 21.3 Å². The van der Waals surface area contributed by atoms with Crippen LogP contribution in [0.1, 0.15) is 25.3 Å². The standard InChI is InChI=1S/C17H27N3O3/c1-5-18-17(20-12-6-7-12)19-9-8-14-15(22-3)10-13(21-2)11-16(14)23-4/h10-12H,5-9H2,1-4H3,(H2,18,19,20). The third kappa shape index (κ3) is 4.94. The fraction of sp³-hybridized carbons (Fsp3) is 0.588. The first-order valence-electron chi connectivity index (χ1n) is 8.05. The molecule has 6 nitrogen and oxygen atoms in total. The monoisotopic (exact) mass is 321 g/mol. The molecule has 1 fully saturated rings. The lowest BCUT2D eigenvalue weighted by molar-refractivity contribution is 0.369. The van der Waals surface area contributed by atoms with Crippen LogP contribution in [0.5, 0.6) is 17.2 Å². The van der Waals surface area contributed by atoms with Crippen LogP contribution in [-0.4, -0.2) is 46.4 Å². The fourth-order valence-electron chi connectivity index (χ4n) is 2.34. The summed E-state index contributed by atoms with van der Waals surface area (Å²) in [7, 11) is 4.93. The van der Waals surface area contributed by atoms with E-state index in [9.17, 15) is 0 Å². The number of hydrogen-bond acceptors (Lipinski definition) is 4. The summed E-state index contributed by atoms with van der Waals surface area (Å²) in [6.45, 7) is 3.58. The van der Waals surface area contributed by atoms with Gasteiger partial charge in [-0.2, -0.15) is 0 Å². The number of guanidine groups is 1. The van der Waals surface area contributed by atoms with Crippen molar-refractivity contribution in [3.8, 4) is 17.2 Å². The first-order chi connectivity index (χ1) is 11.2. The Morgan fingerprint density at radius 3 is 2.26 bits per heavy atom. The van der Waals surface area contributed by atoms with Gasteiger partial charge >= 0.3 is 0 Å². The SMILES string of the molecule is CCNC(=NCCc1c(OC)cc(OC)cc1OC)NC1CC1. The topological polar surface area (TPSA) is 64.1 Å². The molecule has 128 valence electrons. The van der Waals surface area contributed by atoms with Crippen LogP contribution in [-0.2, 0) is 6.42 Å². The first-order valence-corrected chi connectivity index (χ1v) is 8.05. The highest BCUT2D eigenvalue weighted by atomic mass is 16.5. The highest BCUT2D eigenvalue weighted by Gasteiger charge is 2.22. The average molecular weight is 321 g/mol. The molecule has 0 radical (unpaired) electrons. The second kappa shape index (κ2) is 8.50. The molecule has 1 aliphatic rings. The zero-order valence-corrected chi connectivity index (χ0v) is 14.4. The Hall–Kier alpha value is -2.11. The van der Waals surface area contributed by atoms with E-state index in [0.717, 1.165) is 41.7 Å². The average Bonchev–Trinajstić information content (AvgIpc) is 3.38. The second-order valence-electron chi connectivity index (χ2n) is 5.44. The molecule has 2 rings (SSSR count). The molecule has 0 heterocycles. The van der Waals surface area contributed by atoms with Gasteiger partial charge in [-0.1, -0.05) is 0 Å². The third-order valence-electron chi connectivity index (χ3n) is 3.71. The van der Waals surface area contributed by atoms with Crippen LogP contribution in [0.3, 0.4) is 0 Å². The lowest BCUT2D eigenvalue weighted by Crippen LogP contribution is -2.38. The summed E-state index contributed by atoms with van der Waals surface area (Å²) < 4.78 is 16.2. The molecule has 1 aromatic rings. The van der Waals surface area contributed by atoms with Gasteiger partial charge in [-0.15, -0.1) is 0 Å². The zero-order valence-electron chi connectivity index (χ0n) is 14.4. The summed E-state index contributed by atoms with van der Waals surface area (Å²) in [4.78, 5) is 4.63. The molecule has 23 heavy (non-hydrogen) atoms. The van der Waals surface area contributed by atoms with E-state index in [-0.39, 0.29) is 0 Å². The molecule has 1 aromatic carbocycles. The van der Waals surface area contributed by atoms with Crippen molar-refractivity contribution in [1.82, 2.24) is 10.6 Å². The van der Waals surface area contributed by atoms with Crippen molar-refractivity contribution in [3.63, 3.8) is 0 Å². The number of aliphatic imine (C=N–C) groups is 1. The van der Waals surface area contributed by atoms with Crippen LogP contribution in [0.4, 0.5) is 0 Å². The Morgan fingerprint density at radius 2 is 1.78 bits per heavy atom. The maximum Gasteiger partial charge on any atom is 0.191 e. The number of rotatable bonds is 8. The van der Waals surface area contributed by atoms with Crippen LogP contribution < -0.4 is 24.8 Å². The molecule has 1 saturated carbocycles. The summed E-state index contributed by atoms with van der Waals surface area (Å²) in [5.74, 6) is 3.12. The highest BCUT2D eigenvalue weighted by molar-refractivity contribution is 5.80. The minimum absolute atomic E-state index is 0.581. The summed E-state index contributed by atoms with van der Waals surface area (Å²) in [5, 5.41) is 6.68. The van der Waals surface area contributed by atoms with Gasteiger partial charge in [0.25, 0.3) is 0 Å². The van der Waals surface area contributed by atoms with Crippen molar-refractivity contribution in [2.24, 2.45) is 4.99 Å². The lowest BCUT2D eigenvalue weighted by Gasteiger charge is -2.15. The maximum absolute atomic E-state index is 5.47. The number of hydrogen-bond donors (Lipinski definition) is 2. The summed E-state index contributed by atoms with van der Waals surface area (Å²) in [6.07, 6.45) is 3.19. The molecule has 6 heteroatoms. The largest absolute Gasteiger partial charge is 0.496 e. The molecule has 0 bridgehead atoms. The Morgan fingerprint density at radius 1 is 1.13 bits per heavy atom. The number of ether oxygens (including phenoxy) is 3. The van der Waals surface area contributed by atoms with Gasteiger partial charge in [-0.05, 0) is 26.2 Å². The van der Waals surface area contributed by atoms with Crippen molar-refractivity contribution < 1.29 is 14.2 Å². The van der Waals surface area contributed by atoms with E-state index in [2.05, 4.69) is 22.5 Å². The van der Waals surface area contributed by atoms with Crippen molar-refractivity contribution in [3.05, 3.63) is 17.7 Å². The Labute approximate surface area is 138 Å². The molecule has 0 spiro atoms. The molecular weight excluding hydrogens is 294 g/mol. The quantitative estimate of drug-likeness (QED) is 0.566. The normalized spacial score (nSPS) is 14.3. The zero-order chi connectivity index (χ0) is 16.7. The molecule has 0 atom stereocenters. The van der Waals surface area contributed by atoms with Crippen molar-refractivity contribution in [2.75, 3.05) is 34.4 Å². The van der Waals surface area contributed by atoms with Gasteiger partial charge in [0, 0.05) is 36.8 Å². The number of nitrogens with zero attached hydrogens (tertiary/aromatic N) is 1. The minimum Gasteiger partial charge on any atom is -0.496 e. The molecule has 0 amide bonds. The van der Waals surface area contributed by atoms with E-state index < -0.39 is 0 Å². The Bertz CT molecular complexity index is 517. The fourth-order valence-corrected chi connectivity index (χ4v) is 2.34. The molecule has 2 N–H and O–H groups in total. The summed E-state index contributed by atoms with van der Waals surface area (Å²) in [5.41, 5.74) is 1.00. The van der Waals surface area contributed by atoms with Crippen LogP contribution in [0.15, 0.2) is 17.1 Å². The van der Waals surface area contributed by atoms with E-state index in [4.69, 9.17) is 14.2 Å². The van der Waals surface area contributed by atoms with Crippen molar-refractivity contribution >= 4 is 5.96 Å². The van der Waals surface area contributed by atoms with Crippen LogP contribution in [0.25, 0.3) is 0 Å². The van der Waals surface area contributed by atoms with Crippen LogP contribution in [0, 0.1) is 0 Å². The highest BCUT2D eigenvalue weighted by Crippen LogP contribution is 2.34. The van der Waals surface area contributed by atoms with Crippen molar-refractivity contribution in [2.45, 2.75) is 32.2 Å². The van der Waals surface area contributed by atoms with E-state index in [1.54, 1.807) is 21.3 Å². The van der Waals surface area contributed by atoms with Crippen LogP contribution in [0.2, 0.25) is 0 Å². The van der Waals surface area contributed by atoms with Gasteiger partial charge in [0.2, 0.25) is 0 Å². The number of methoxy groups -OCH3 is 3. The molecule has 1 aliphatic carbocycles. The van der Waals surface area contributed by atoms with E-state index in [1.807, 2.05) is 12.1 Å². The summed E-state index contributed by atoms with van der Waals surface area (Å²) >= 11 is 0. The Balaban J connectivity index is 2.08. The molecule has 0 aliphatic heterocycles.